The highest BCUT2D eigenvalue weighted by molar-refractivity contribution is 5.76. The smallest absolute Gasteiger partial charge is 0.220 e. The van der Waals surface area contributed by atoms with Gasteiger partial charge in [0.05, 0.1) is 25.4 Å². The fourth-order valence-electron chi connectivity index (χ4n) is 9.67. The summed E-state index contributed by atoms with van der Waals surface area (Å²) in [6.07, 6.45) is 44.3. The van der Waals surface area contributed by atoms with E-state index in [1.54, 1.807) is 0 Å². The van der Waals surface area contributed by atoms with Crippen molar-refractivity contribution in [2.45, 2.75) is 339 Å². The van der Waals surface area contributed by atoms with Crippen LogP contribution >= 0.6 is 0 Å². The number of aliphatic hydroxyl groups excluding tert-OH is 6. The Morgan fingerprint density at radius 1 is 0.470 bits per heavy atom. The molecule has 1 heterocycles. The highest BCUT2D eigenvalue weighted by Gasteiger charge is 2.44. The highest BCUT2D eigenvalue weighted by atomic mass is 16.7. The second kappa shape index (κ2) is 46.5. The van der Waals surface area contributed by atoms with E-state index in [2.05, 4.69) is 19.2 Å². The van der Waals surface area contributed by atoms with Crippen LogP contribution in [0.1, 0.15) is 290 Å². The van der Waals surface area contributed by atoms with Gasteiger partial charge in [0.2, 0.25) is 5.91 Å². The van der Waals surface area contributed by atoms with E-state index in [0.717, 1.165) is 44.9 Å². The molecule has 0 aromatic heterocycles. The van der Waals surface area contributed by atoms with Crippen LogP contribution in [0.15, 0.2) is 0 Å². The van der Waals surface area contributed by atoms with Crippen molar-refractivity contribution in [1.82, 2.24) is 5.32 Å². The van der Waals surface area contributed by atoms with Gasteiger partial charge in [-0.1, -0.05) is 271 Å². The number of amides is 1. The monoisotopic (exact) mass is 942 g/mol. The van der Waals surface area contributed by atoms with Gasteiger partial charge in [-0.2, -0.15) is 0 Å². The zero-order valence-electron chi connectivity index (χ0n) is 43.3. The second-order valence-corrected chi connectivity index (χ2v) is 20.6. The van der Waals surface area contributed by atoms with Crippen LogP contribution in [0.4, 0.5) is 0 Å². The summed E-state index contributed by atoms with van der Waals surface area (Å²) in [4.78, 5) is 13.1. The predicted octanol–water partition coefficient (Wildman–Crippen LogP) is 12.8. The number of aliphatic hydroxyl groups is 6. The molecule has 7 N–H and O–H groups in total. The maximum atomic E-state index is 13.1. The Balaban J connectivity index is 2.14. The van der Waals surface area contributed by atoms with Gasteiger partial charge in [-0.3, -0.25) is 4.79 Å². The average molecular weight is 943 g/mol. The maximum Gasteiger partial charge on any atom is 0.220 e. The molecule has 1 rings (SSSR count). The van der Waals surface area contributed by atoms with E-state index >= 15 is 0 Å². The van der Waals surface area contributed by atoms with Gasteiger partial charge in [-0.05, 0) is 12.8 Å². The first-order valence-corrected chi connectivity index (χ1v) is 28.8. The molecule has 10 nitrogen and oxygen atoms in total. The summed E-state index contributed by atoms with van der Waals surface area (Å²) < 4.78 is 11.2. The molecule has 0 aliphatic carbocycles. The fraction of sp³-hybridized carbons (Fsp3) is 0.982. The molecule has 0 saturated carbocycles. The summed E-state index contributed by atoms with van der Waals surface area (Å²) in [6, 6.07) is -0.985. The molecule has 0 aromatic rings. The molecule has 1 aliphatic heterocycles. The van der Waals surface area contributed by atoms with E-state index in [1.807, 2.05) is 0 Å². The van der Waals surface area contributed by atoms with Crippen molar-refractivity contribution < 1.29 is 44.9 Å². The van der Waals surface area contributed by atoms with Gasteiger partial charge < -0.3 is 45.4 Å². The normalized spacial score (nSPS) is 20.2. The first kappa shape index (κ1) is 63.2. The molecule has 1 aliphatic rings. The van der Waals surface area contributed by atoms with Crippen molar-refractivity contribution in [3.05, 3.63) is 0 Å². The molecule has 2 unspecified atom stereocenters. The number of hydrogen-bond donors (Lipinski definition) is 7. The lowest BCUT2D eigenvalue weighted by atomic mass is 9.98. The number of unbranched alkanes of at least 4 members (excludes halogenated alkanes) is 39. The minimum atomic E-state index is -1.60. The molecule has 8 atom stereocenters. The van der Waals surface area contributed by atoms with Crippen molar-refractivity contribution in [3.63, 3.8) is 0 Å². The van der Waals surface area contributed by atoms with Gasteiger partial charge in [0.25, 0.3) is 0 Å². The molecule has 66 heavy (non-hydrogen) atoms. The highest BCUT2D eigenvalue weighted by Crippen LogP contribution is 2.24. The van der Waals surface area contributed by atoms with Gasteiger partial charge in [-0.15, -0.1) is 0 Å². The molecular weight excluding hydrogens is 831 g/mol. The minimum Gasteiger partial charge on any atom is -0.394 e. The first-order valence-electron chi connectivity index (χ1n) is 28.8. The Labute approximate surface area is 407 Å². The molecule has 1 saturated heterocycles. The lowest BCUT2D eigenvalue weighted by Crippen LogP contribution is -2.60. The summed E-state index contributed by atoms with van der Waals surface area (Å²) in [6.45, 7) is 3.63. The van der Waals surface area contributed by atoms with Crippen LogP contribution in [0, 0.1) is 0 Å². The Bertz CT molecular complexity index is 1020. The van der Waals surface area contributed by atoms with Crippen LogP contribution in [0.25, 0.3) is 0 Å². The third kappa shape index (κ3) is 35.3. The quantitative estimate of drug-likeness (QED) is 0.0294. The molecule has 1 amide bonds. The third-order valence-corrected chi connectivity index (χ3v) is 14.3. The summed E-state index contributed by atoms with van der Waals surface area (Å²) in [5.74, 6) is -0.251. The lowest BCUT2D eigenvalue weighted by Gasteiger charge is -2.40. The van der Waals surface area contributed by atoms with E-state index in [1.165, 1.54) is 218 Å². The topological polar surface area (TPSA) is 169 Å². The van der Waals surface area contributed by atoms with Crippen LogP contribution in [-0.4, -0.2) is 98.7 Å². The minimum absolute atomic E-state index is 0.251. The van der Waals surface area contributed by atoms with Crippen molar-refractivity contribution in [2.24, 2.45) is 0 Å². The molecule has 1 fully saturated rings. The van der Waals surface area contributed by atoms with Crippen molar-refractivity contribution >= 4 is 5.91 Å². The van der Waals surface area contributed by atoms with E-state index in [-0.39, 0.29) is 18.9 Å². The molecule has 0 radical (unpaired) electrons. The van der Waals surface area contributed by atoms with Gasteiger partial charge in [0, 0.05) is 6.42 Å². The van der Waals surface area contributed by atoms with Gasteiger partial charge in [-0.25, -0.2) is 0 Å². The fourth-order valence-corrected chi connectivity index (χ4v) is 9.67. The second-order valence-electron chi connectivity index (χ2n) is 20.6. The molecule has 0 aromatic carbocycles. The van der Waals surface area contributed by atoms with Gasteiger partial charge in [0.1, 0.15) is 30.5 Å². The van der Waals surface area contributed by atoms with E-state index < -0.39 is 55.6 Å². The largest absolute Gasteiger partial charge is 0.394 e. The van der Waals surface area contributed by atoms with Crippen molar-refractivity contribution in [1.29, 1.82) is 0 Å². The van der Waals surface area contributed by atoms with E-state index in [0.29, 0.717) is 6.42 Å². The third-order valence-electron chi connectivity index (χ3n) is 14.3. The molecule has 0 bridgehead atoms. The van der Waals surface area contributed by atoms with Crippen LogP contribution in [0.3, 0.4) is 0 Å². The zero-order chi connectivity index (χ0) is 48.1. The average Bonchev–Trinajstić information content (AvgIpc) is 3.32. The van der Waals surface area contributed by atoms with Crippen LogP contribution < -0.4 is 5.32 Å². The Hall–Kier alpha value is -0.850. The summed E-state index contributed by atoms with van der Waals surface area (Å²) in [5, 5.41) is 65.3. The lowest BCUT2D eigenvalue weighted by molar-refractivity contribution is -0.303. The number of rotatable bonds is 50. The number of carbonyl (C=O) groups excluding carboxylic acids is 1. The molecular formula is C56H111NO9. The van der Waals surface area contributed by atoms with Crippen molar-refractivity contribution in [3.8, 4) is 0 Å². The van der Waals surface area contributed by atoms with E-state index in [9.17, 15) is 35.4 Å². The molecule has 10 heteroatoms. The number of nitrogens with one attached hydrogen (secondary N) is 1. The van der Waals surface area contributed by atoms with Gasteiger partial charge in [0.15, 0.2) is 6.29 Å². The standard InChI is InChI=1S/C56H111NO9/c1-3-5-7-9-11-13-15-16-17-18-19-20-21-22-23-24-25-26-27-28-29-30-31-32-33-35-37-39-41-43-45-51(60)57-48(47-65-56-55(64)54(63)53(62)50(46-58)66-56)52(61)49(59)44-42-40-38-36-34-14-12-10-8-6-4-2/h48-50,52-56,58-59,61-64H,3-47H2,1-2H3,(H,57,60)/t48-,49+,50+,52-,53+,54?,55?,56+/m0/s1. The van der Waals surface area contributed by atoms with Crippen molar-refractivity contribution in [2.75, 3.05) is 13.2 Å². The SMILES string of the molecule is CCCCCCCCCCCCCCCCCCCCCCCCCCCCCCCCC(=O)N[C@@H](CO[C@@H]1O[C@H](CO)[C@@H](O)C(O)C1O)[C@H](O)[C@H](O)CCCCCCCCCCCCC. The van der Waals surface area contributed by atoms with Crippen LogP contribution in [0.5, 0.6) is 0 Å². The Morgan fingerprint density at radius 2 is 0.788 bits per heavy atom. The Kier molecular flexibility index (Phi) is 44.5. The molecule has 0 spiro atoms. The summed E-state index contributed by atoms with van der Waals surface area (Å²) >= 11 is 0. The zero-order valence-corrected chi connectivity index (χ0v) is 43.3. The van der Waals surface area contributed by atoms with E-state index in [4.69, 9.17) is 9.47 Å². The summed E-state index contributed by atoms with van der Waals surface area (Å²) in [7, 11) is 0. The number of hydrogen-bond acceptors (Lipinski definition) is 9. The first-order chi connectivity index (χ1) is 32.3. The number of ether oxygens (including phenoxy) is 2. The summed E-state index contributed by atoms with van der Waals surface area (Å²) in [5.41, 5.74) is 0. The Morgan fingerprint density at radius 3 is 1.12 bits per heavy atom. The van der Waals surface area contributed by atoms with Crippen LogP contribution in [-0.2, 0) is 14.3 Å². The maximum absolute atomic E-state index is 13.1. The van der Waals surface area contributed by atoms with Gasteiger partial charge >= 0.3 is 0 Å². The molecule has 394 valence electrons. The number of carbonyl (C=O) groups is 1. The van der Waals surface area contributed by atoms with Crippen LogP contribution in [0.2, 0.25) is 0 Å². The predicted molar refractivity (Wildman–Crippen MR) is 274 cm³/mol.